The Labute approximate surface area is 177 Å². The molecular weight excluding hydrogens is 386 g/mol. The lowest BCUT2D eigenvalue weighted by Gasteiger charge is -2.37. The zero-order valence-electron chi connectivity index (χ0n) is 18.5. The molecule has 1 aliphatic rings. The molecule has 1 aromatic rings. The van der Waals surface area contributed by atoms with Gasteiger partial charge in [-0.3, -0.25) is 9.59 Å². The summed E-state index contributed by atoms with van der Waals surface area (Å²) in [7, 11) is 1.69. The molecule has 8 heteroatoms. The van der Waals surface area contributed by atoms with Gasteiger partial charge < -0.3 is 24.7 Å². The summed E-state index contributed by atoms with van der Waals surface area (Å²) in [6, 6.07) is 1.19. The molecule has 0 aromatic carbocycles. The number of aromatic nitrogens is 1. The van der Waals surface area contributed by atoms with Gasteiger partial charge in [0.2, 0.25) is 11.8 Å². The third-order valence-electron chi connectivity index (χ3n) is 5.03. The summed E-state index contributed by atoms with van der Waals surface area (Å²) in [5.74, 6) is 5.19. The Hall–Kier alpha value is -2.63. The summed E-state index contributed by atoms with van der Waals surface area (Å²) in [4.78, 5) is 32.4. The van der Waals surface area contributed by atoms with Crippen LogP contribution in [0, 0.1) is 17.8 Å². The number of pyridine rings is 1. The maximum Gasteiger partial charge on any atom is 0.259 e. The largest absolute Gasteiger partial charge is 0.472 e. The molecule has 164 valence electrons. The van der Waals surface area contributed by atoms with Crippen LogP contribution in [0.15, 0.2) is 12.3 Å². The first-order chi connectivity index (χ1) is 13.9. The third-order valence-corrected chi connectivity index (χ3v) is 5.03. The second-order valence-corrected chi connectivity index (χ2v) is 8.41. The zero-order valence-corrected chi connectivity index (χ0v) is 18.5. The van der Waals surface area contributed by atoms with Gasteiger partial charge in [-0.15, -0.1) is 0 Å². The summed E-state index contributed by atoms with van der Waals surface area (Å²) in [5.41, 5.74) is -0.476. The Morgan fingerprint density at radius 2 is 2.17 bits per heavy atom. The molecule has 1 aromatic heterocycles. The van der Waals surface area contributed by atoms with Crippen molar-refractivity contribution in [2.45, 2.75) is 52.4 Å². The van der Waals surface area contributed by atoms with Crippen LogP contribution in [-0.2, 0) is 4.79 Å². The Kier molecular flexibility index (Phi) is 7.45. The summed E-state index contributed by atoms with van der Waals surface area (Å²) in [5, 5.41) is 19.5. The predicted octanol–water partition coefficient (Wildman–Crippen LogP) is 0.902. The van der Waals surface area contributed by atoms with Crippen LogP contribution in [-0.4, -0.2) is 81.3 Å². The van der Waals surface area contributed by atoms with E-state index in [1.807, 2.05) is 6.92 Å². The number of rotatable bonds is 4. The lowest BCUT2D eigenvalue weighted by molar-refractivity contribution is -0.129. The highest BCUT2D eigenvalue weighted by Gasteiger charge is 2.34. The molecule has 30 heavy (non-hydrogen) atoms. The highest BCUT2D eigenvalue weighted by atomic mass is 16.5. The fraction of sp³-hybridized carbons (Fsp3) is 0.591. The van der Waals surface area contributed by atoms with E-state index in [4.69, 9.17) is 4.74 Å². The van der Waals surface area contributed by atoms with Gasteiger partial charge >= 0.3 is 0 Å². The number of hydrogen-bond donors (Lipinski definition) is 2. The normalized spacial score (nSPS) is 20.1. The molecule has 2 amide bonds. The van der Waals surface area contributed by atoms with Crippen LogP contribution in [0.2, 0.25) is 0 Å². The van der Waals surface area contributed by atoms with E-state index in [0.717, 1.165) is 0 Å². The number of nitrogens with zero attached hydrogens (tertiary/aromatic N) is 3. The van der Waals surface area contributed by atoms with Gasteiger partial charge in [0.25, 0.3) is 5.91 Å². The van der Waals surface area contributed by atoms with Crippen LogP contribution in [0.25, 0.3) is 0 Å². The molecule has 0 spiro atoms. The average molecular weight is 418 g/mol. The monoisotopic (exact) mass is 417 g/mol. The minimum absolute atomic E-state index is 0.0880. The molecular formula is C22H31N3O5. The quantitative estimate of drug-likeness (QED) is 0.706. The topological polar surface area (TPSA) is 103 Å². The minimum Gasteiger partial charge on any atom is -0.472 e. The van der Waals surface area contributed by atoms with Crippen molar-refractivity contribution in [1.29, 1.82) is 0 Å². The molecule has 0 radical (unpaired) electrons. The number of aliphatic hydroxyl groups excluding tert-OH is 1. The van der Waals surface area contributed by atoms with Crippen LogP contribution >= 0.6 is 0 Å². The van der Waals surface area contributed by atoms with Crippen LogP contribution in [0.3, 0.4) is 0 Å². The van der Waals surface area contributed by atoms with Gasteiger partial charge in [-0.2, -0.15) is 0 Å². The van der Waals surface area contributed by atoms with Gasteiger partial charge in [-0.1, -0.05) is 18.8 Å². The van der Waals surface area contributed by atoms with Gasteiger partial charge in [-0.25, -0.2) is 4.98 Å². The maximum atomic E-state index is 13.3. The van der Waals surface area contributed by atoms with E-state index < -0.39 is 11.6 Å². The summed E-state index contributed by atoms with van der Waals surface area (Å²) >= 11 is 0. The molecule has 2 rings (SSSR count). The highest BCUT2D eigenvalue weighted by Crippen LogP contribution is 2.27. The predicted molar refractivity (Wildman–Crippen MR) is 112 cm³/mol. The van der Waals surface area contributed by atoms with Crippen molar-refractivity contribution in [3.8, 4) is 17.7 Å². The minimum atomic E-state index is -1.18. The molecule has 3 atom stereocenters. The van der Waals surface area contributed by atoms with Crippen molar-refractivity contribution < 1.29 is 24.5 Å². The molecule has 0 saturated carbocycles. The first-order valence-corrected chi connectivity index (χ1v) is 9.98. The average Bonchev–Trinajstić information content (AvgIpc) is 2.67. The van der Waals surface area contributed by atoms with Gasteiger partial charge in [0, 0.05) is 38.2 Å². The number of carbonyl (C=O) groups excluding carboxylic acids is 2. The second-order valence-electron chi connectivity index (χ2n) is 8.41. The van der Waals surface area contributed by atoms with E-state index in [1.165, 1.54) is 13.1 Å². The first kappa shape index (κ1) is 23.6. The van der Waals surface area contributed by atoms with Gasteiger partial charge in [0.1, 0.15) is 17.3 Å². The molecule has 0 fully saturated rings. The molecule has 2 N–H and O–H groups in total. The Morgan fingerprint density at radius 1 is 1.50 bits per heavy atom. The van der Waals surface area contributed by atoms with Crippen LogP contribution < -0.4 is 4.74 Å². The lowest BCUT2D eigenvalue weighted by Crippen LogP contribution is -2.50. The Morgan fingerprint density at radius 3 is 2.73 bits per heavy atom. The van der Waals surface area contributed by atoms with Gasteiger partial charge in [0.05, 0.1) is 19.2 Å². The van der Waals surface area contributed by atoms with Gasteiger partial charge in [-0.05, 0) is 26.8 Å². The molecule has 0 unspecified atom stereocenters. The molecule has 8 nitrogen and oxygen atoms in total. The number of amides is 2. The van der Waals surface area contributed by atoms with Crippen molar-refractivity contribution in [1.82, 2.24) is 14.8 Å². The van der Waals surface area contributed by atoms with Crippen molar-refractivity contribution in [2.75, 3.05) is 26.7 Å². The van der Waals surface area contributed by atoms with Crippen LogP contribution in [0.4, 0.5) is 0 Å². The highest BCUT2D eigenvalue weighted by molar-refractivity contribution is 5.97. The molecule has 0 saturated heterocycles. The fourth-order valence-corrected chi connectivity index (χ4v) is 3.01. The Bertz CT molecular complexity index is 853. The maximum absolute atomic E-state index is 13.3. The smallest absolute Gasteiger partial charge is 0.259 e. The second kappa shape index (κ2) is 9.45. The number of ether oxygens (including phenoxy) is 1. The summed E-state index contributed by atoms with van der Waals surface area (Å²) < 4.78 is 6.09. The third kappa shape index (κ3) is 5.94. The van der Waals surface area contributed by atoms with Crippen molar-refractivity contribution >= 4 is 11.8 Å². The van der Waals surface area contributed by atoms with E-state index >= 15 is 0 Å². The van der Waals surface area contributed by atoms with Crippen molar-refractivity contribution in [2.24, 2.45) is 5.92 Å². The van der Waals surface area contributed by atoms with Gasteiger partial charge in [0.15, 0.2) is 0 Å². The van der Waals surface area contributed by atoms with Crippen LogP contribution in [0.5, 0.6) is 5.88 Å². The Balaban J connectivity index is 2.51. The van der Waals surface area contributed by atoms with Crippen LogP contribution in [0.1, 0.15) is 50.5 Å². The zero-order chi connectivity index (χ0) is 22.6. The van der Waals surface area contributed by atoms with Crippen molar-refractivity contribution in [3.63, 3.8) is 0 Å². The van der Waals surface area contributed by atoms with E-state index in [-0.39, 0.29) is 41.9 Å². The number of carbonyl (C=O) groups is 2. The van der Waals surface area contributed by atoms with E-state index in [0.29, 0.717) is 18.7 Å². The fourth-order valence-electron chi connectivity index (χ4n) is 3.01. The molecule has 0 bridgehead atoms. The molecule has 1 aliphatic heterocycles. The summed E-state index contributed by atoms with van der Waals surface area (Å²) in [6.45, 7) is 8.85. The lowest BCUT2D eigenvalue weighted by atomic mass is 10.00. The SMILES string of the molecule is CC(=O)N(C)C[C@H]1Oc2ncc(C#CC(C)(C)O)cc2C(=O)N([C@H](C)CO)C[C@@H]1C. The first-order valence-electron chi connectivity index (χ1n) is 9.98. The van der Waals surface area contributed by atoms with E-state index in [1.54, 1.807) is 43.7 Å². The molecule has 2 heterocycles. The number of likely N-dealkylation sites (N-methyl/N-ethyl adjacent to an activating group) is 1. The number of aliphatic hydroxyl groups is 2. The molecule has 0 aliphatic carbocycles. The standard InChI is InChI=1S/C22H31N3O5/c1-14-11-25(15(2)13-26)21(28)18-9-17(7-8-22(4,5)29)10-23-20(18)30-19(14)12-24(6)16(3)27/h9-10,14-15,19,26,29H,11-13H2,1-6H3/t14-,15+,19+/m0/s1. The van der Waals surface area contributed by atoms with Crippen molar-refractivity contribution in [3.05, 3.63) is 23.4 Å². The number of fused-ring (bicyclic) bond motifs is 1. The van der Waals surface area contributed by atoms with E-state index in [9.17, 15) is 19.8 Å². The van der Waals surface area contributed by atoms with E-state index in [2.05, 4.69) is 16.8 Å². The number of hydrogen-bond acceptors (Lipinski definition) is 6. The summed E-state index contributed by atoms with van der Waals surface area (Å²) in [6.07, 6.45) is 1.10.